The van der Waals surface area contributed by atoms with Crippen LogP contribution in [0.5, 0.6) is 0 Å². The summed E-state index contributed by atoms with van der Waals surface area (Å²) in [5.74, 6) is 1.62. The minimum atomic E-state index is 0.291. The van der Waals surface area contributed by atoms with Gasteiger partial charge in [0.1, 0.15) is 0 Å². The monoisotopic (exact) mass is 296 g/mol. The van der Waals surface area contributed by atoms with E-state index in [1.54, 1.807) is 0 Å². The first-order valence-corrected chi connectivity index (χ1v) is 8.85. The molecular weight excluding hydrogens is 260 g/mol. The highest BCUT2D eigenvalue weighted by Gasteiger charge is 2.42. The molecule has 0 unspecified atom stereocenters. The van der Waals surface area contributed by atoms with Crippen LogP contribution in [0.1, 0.15) is 59.3 Å². The smallest absolute Gasteiger partial charge is 0.0491 e. The summed E-state index contributed by atoms with van der Waals surface area (Å²) in [6.07, 6.45) is 7.83. The molecule has 2 aliphatic rings. The van der Waals surface area contributed by atoms with Gasteiger partial charge in [-0.25, -0.2) is 0 Å². The quantitative estimate of drug-likeness (QED) is 0.865. The Kier molecular flexibility index (Phi) is 5.72. The van der Waals surface area contributed by atoms with Crippen LogP contribution in [0.4, 0.5) is 0 Å². The number of rotatable bonds is 4. The van der Waals surface area contributed by atoms with Gasteiger partial charge in [-0.15, -0.1) is 0 Å². The van der Waals surface area contributed by atoms with Crippen molar-refractivity contribution in [2.24, 2.45) is 23.0 Å². The summed E-state index contributed by atoms with van der Waals surface area (Å²) in [5.41, 5.74) is 6.99. The fourth-order valence-corrected chi connectivity index (χ4v) is 4.48. The summed E-state index contributed by atoms with van der Waals surface area (Å²) in [5, 5.41) is 0. The van der Waals surface area contributed by atoms with E-state index in [0.717, 1.165) is 25.0 Å². The zero-order valence-corrected chi connectivity index (χ0v) is 14.7. The van der Waals surface area contributed by atoms with Crippen LogP contribution >= 0.6 is 0 Å². The number of methoxy groups -OCH3 is 1. The molecule has 0 spiro atoms. The minimum Gasteiger partial charge on any atom is -0.384 e. The number of hydrogen-bond acceptors (Lipinski definition) is 3. The Morgan fingerprint density at radius 3 is 2.10 bits per heavy atom. The van der Waals surface area contributed by atoms with E-state index >= 15 is 0 Å². The molecular formula is C18H36N2O. The van der Waals surface area contributed by atoms with Crippen molar-refractivity contribution in [3.05, 3.63) is 0 Å². The molecule has 0 amide bonds. The molecule has 1 heterocycles. The van der Waals surface area contributed by atoms with Crippen molar-refractivity contribution in [1.29, 1.82) is 0 Å². The maximum absolute atomic E-state index is 6.25. The molecule has 0 radical (unpaired) electrons. The van der Waals surface area contributed by atoms with Gasteiger partial charge >= 0.3 is 0 Å². The maximum atomic E-state index is 6.25. The van der Waals surface area contributed by atoms with Gasteiger partial charge in [0.2, 0.25) is 0 Å². The van der Waals surface area contributed by atoms with Crippen LogP contribution in [0.3, 0.4) is 0 Å². The molecule has 0 aromatic carbocycles. The second-order valence-corrected chi connectivity index (χ2v) is 8.45. The summed E-state index contributed by atoms with van der Waals surface area (Å²) in [6, 6.07) is 0. The van der Waals surface area contributed by atoms with Crippen LogP contribution in [-0.2, 0) is 4.74 Å². The molecule has 0 aromatic heterocycles. The molecule has 0 atom stereocenters. The third-order valence-electron chi connectivity index (χ3n) is 6.21. The van der Waals surface area contributed by atoms with Crippen LogP contribution < -0.4 is 5.73 Å². The average molecular weight is 296 g/mol. The molecule has 3 nitrogen and oxygen atoms in total. The third kappa shape index (κ3) is 4.00. The van der Waals surface area contributed by atoms with E-state index in [-0.39, 0.29) is 0 Å². The summed E-state index contributed by atoms with van der Waals surface area (Å²) < 4.78 is 5.32. The predicted octanol–water partition coefficient (Wildman–Crippen LogP) is 3.28. The van der Waals surface area contributed by atoms with Crippen LogP contribution in [0.2, 0.25) is 0 Å². The number of nitrogens with two attached hydrogens (primary N) is 1. The Morgan fingerprint density at radius 1 is 1.10 bits per heavy atom. The lowest BCUT2D eigenvalue weighted by molar-refractivity contribution is -0.00840. The minimum absolute atomic E-state index is 0.291. The molecule has 3 heteroatoms. The van der Waals surface area contributed by atoms with Crippen molar-refractivity contribution < 1.29 is 4.74 Å². The van der Waals surface area contributed by atoms with Crippen LogP contribution in [-0.4, -0.2) is 43.8 Å². The highest BCUT2D eigenvalue weighted by molar-refractivity contribution is 4.98. The molecule has 0 aromatic rings. The lowest BCUT2D eigenvalue weighted by atomic mass is 9.66. The van der Waals surface area contributed by atoms with E-state index in [2.05, 4.69) is 25.7 Å². The first-order valence-electron chi connectivity index (χ1n) is 8.85. The molecule has 124 valence electrons. The van der Waals surface area contributed by atoms with E-state index in [1.165, 1.54) is 51.6 Å². The van der Waals surface area contributed by atoms with Gasteiger partial charge in [0.15, 0.2) is 0 Å². The maximum Gasteiger partial charge on any atom is 0.0491 e. The second-order valence-electron chi connectivity index (χ2n) is 8.45. The van der Waals surface area contributed by atoms with E-state index in [9.17, 15) is 0 Å². The molecule has 2 rings (SSSR count). The number of likely N-dealkylation sites (tertiary alicyclic amines) is 1. The van der Waals surface area contributed by atoms with Crippen molar-refractivity contribution in [3.8, 4) is 0 Å². The topological polar surface area (TPSA) is 38.5 Å². The first-order chi connectivity index (χ1) is 9.91. The van der Waals surface area contributed by atoms with Gasteiger partial charge in [0.05, 0.1) is 0 Å². The molecule has 2 N–H and O–H groups in total. The molecule has 1 aliphatic heterocycles. The van der Waals surface area contributed by atoms with Crippen LogP contribution in [0, 0.1) is 17.3 Å². The first kappa shape index (κ1) is 17.2. The van der Waals surface area contributed by atoms with Gasteiger partial charge in [-0.05, 0) is 68.9 Å². The Balaban J connectivity index is 1.92. The van der Waals surface area contributed by atoms with E-state index in [1.807, 2.05) is 7.11 Å². The molecule has 2 fully saturated rings. The van der Waals surface area contributed by atoms with Gasteiger partial charge in [-0.3, -0.25) is 4.90 Å². The van der Waals surface area contributed by atoms with Crippen LogP contribution in [0.15, 0.2) is 0 Å². The Labute approximate surface area is 131 Å². The van der Waals surface area contributed by atoms with Gasteiger partial charge in [0, 0.05) is 25.8 Å². The second kappa shape index (κ2) is 6.97. The standard InChI is InChI=1S/C18H36N2O/c1-17(2,3)16-5-9-18(14-19,10-6-16)20-11-7-15(8-12-20)13-21-4/h15-16H,5-14,19H2,1-4H3. The van der Waals surface area contributed by atoms with E-state index in [4.69, 9.17) is 10.5 Å². The van der Waals surface area contributed by atoms with Gasteiger partial charge in [-0.2, -0.15) is 0 Å². The normalized spacial score (nSPS) is 33.3. The largest absolute Gasteiger partial charge is 0.384 e. The Morgan fingerprint density at radius 2 is 1.67 bits per heavy atom. The number of piperidine rings is 1. The zero-order chi connectivity index (χ0) is 15.5. The SMILES string of the molecule is COCC1CCN(C2(CN)CCC(C(C)(C)C)CC2)CC1. The van der Waals surface area contributed by atoms with Crippen molar-refractivity contribution >= 4 is 0 Å². The molecule has 21 heavy (non-hydrogen) atoms. The zero-order valence-electron chi connectivity index (χ0n) is 14.7. The average Bonchev–Trinajstić information content (AvgIpc) is 2.47. The lowest BCUT2D eigenvalue weighted by Gasteiger charge is -2.51. The fraction of sp³-hybridized carbons (Fsp3) is 1.00. The third-order valence-corrected chi connectivity index (χ3v) is 6.21. The molecule has 1 aliphatic carbocycles. The highest BCUT2D eigenvalue weighted by Crippen LogP contribution is 2.44. The molecule has 1 saturated heterocycles. The summed E-state index contributed by atoms with van der Waals surface area (Å²) >= 11 is 0. The predicted molar refractivity (Wildman–Crippen MR) is 89.4 cm³/mol. The summed E-state index contributed by atoms with van der Waals surface area (Å²) in [4.78, 5) is 2.72. The van der Waals surface area contributed by atoms with Gasteiger partial charge in [-0.1, -0.05) is 20.8 Å². The van der Waals surface area contributed by atoms with E-state index in [0.29, 0.717) is 11.0 Å². The molecule has 1 saturated carbocycles. The highest BCUT2D eigenvalue weighted by atomic mass is 16.5. The van der Waals surface area contributed by atoms with Gasteiger partial charge < -0.3 is 10.5 Å². The number of nitrogens with zero attached hydrogens (tertiary/aromatic N) is 1. The summed E-state index contributed by atoms with van der Waals surface area (Å²) in [7, 11) is 1.82. The van der Waals surface area contributed by atoms with Gasteiger partial charge in [0.25, 0.3) is 0 Å². The molecule has 0 bridgehead atoms. The number of ether oxygens (including phenoxy) is 1. The van der Waals surface area contributed by atoms with Crippen molar-refractivity contribution in [3.63, 3.8) is 0 Å². The van der Waals surface area contributed by atoms with Crippen LogP contribution in [0.25, 0.3) is 0 Å². The van der Waals surface area contributed by atoms with E-state index < -0.39 is 0 Å². The summed E-state index contributed by atoms with van der Waals surface area (Å²) in [6.45, 7) is 11.4. The fourth-order valence-electron chi connectivity index (χ4n) is 4.48. The Bertz CT molecular complexity index is 308. The van der Waals surface area contributed by atoms with Crippen molar-refractivity contribution in [2.45, 2.75) is 64.8 Å². The number of hydrogen-bond donors (Lipinski definition) is 1. The Hall–Kier alpha value is -0.120. The lowest BCUT2D eigenvalue weighted by Crippen LogP contribution is -2.58. The van der Waals surface area contributed by atoms with Crippen molar-refractivity contribution in [1.82, 2.24) is 4.90 Å². The van der Waals surface area contributed by atoms with Crippen molar-refractivity contribution in [2.75, 3.05) is 33.4 Å².